The maximum Gasteiger partial charge on any atom is 0.411 e. The van der Waals surface area contributed by atoms with Crippen molar-refractivity contribution in [1.82, 2.24) is 19.5 Å². The van der Waals surface area contributed by atoms with Crippen LogP contribution >= 0.6 is 0 Å². The molecule has 3 aromatic rings. The van der Waals surface area contributed by atoms with Crippen LogP contribution in [0.5, 0.6) is 0 Å². The van der Waals surface area contributed by atoms with Crippen LogP contribution in [0.2, 0.25) is 0 Å². The Bertz CT molecular complexity index is 1240. The number of carbonyl (C=O) groups is 1. The van der Waals surface area contributed by atoms with Crippen molar-refractivity contribution in [2.45, 2.75) is 76.9 Å². The lowest BCUT2D eigenvalue weighted by molar-refractivity contribution is -0.170. The van der Waals surface area contributed by atoms with Crippen LogP contribution in [0, 0.1) is 0 Å². The normalized spacial score (nSPS) is 25.3. The van der Waals surface area contributed by atoms with E-state index < -0.39 is 41.8 Å². The van der Waals surface area contributed by atoms with E-state index in [1.54, 1.807) is 9.42 Å². The number of hydrogen-bond donors (Lipinski definition) is 1. The molecule has 2 saturated heterocycles. The highest BCUT2D eigenvalue weighted by atomic mass is 16.8. The highest BCUT2D eigenvalue weighted by Crippen LogP contribution is 2.48. The maximum atomic E-state index is 13.7. The van der Waals surface area contributed by atoms with Gasteiger partial charge in [-0.05, 0) is 52.3 Å². The van der Waals surface area contributed by atoms with Gasteiger partial charge in [0, 0.05) is 0 Å². The van der Waals surface area contributed by atoms with Crippen molar-refractivity contribution in [3.8, 4) is 0 Å². The van der Waals surface area contributed by atoms with Crippen LogP contribution in [-0.4, -0.2) is 61.8 Å². The third-order valence-corrected chi connectivity index (χ3v) is 6.33. The smallest absolute Gasteiger partial charge is 0.411 e. The molecule has 4 atom stereocenters. The summed E-state index contributed by atoms with van der Waals surface area (Å²) in [5.74, 6) is -0.479. The number of anilines is 1. The summed E-state index contributed by atoms with van der Waals surface area (Å²) in [5.41, 5.74) is 7.82. The Labute approximate surface area is 210 Å². The molecule has 10 nitrogen and oxygen atoms in total. The third-order valence-electron chi connectivity index (χ3n) is 6.33. The molecule has 2 aliphatic rings. The molecule has 0 radical (unpaired) electrons. The number of likely N-dealkylation sites (tertiary alicyclic amines) is 1. The van der Waals surface area contributed by atoms with Crippen molar-refractivity contribution in [1.29, 1.82) is 0 Å². The zero-order valence-electron chi connectivity index (χ0n) is 21.2. The number of rotatable bonds is 5. The molecule has 0 spiro atoms. The summed E-state index contributed by atoms with van der Waals surface area (Å²) in [5, 5.41) is 4.41. The van der Waals surface area contributed by atoms with Crippen LogP contribution in [0.3, 0.4) is 0 Å². The van der Waals surface area contributed by atoms with Crippen LogP contribution in [-0.2, 0) is 25.6 Å². The molecule has 0 bridgehead atoms. The number of carbonyl (C=O) groups excluding carboxylic acids is 1. The summed E-state index contributed by atoms with van der Waals surface area (Å²) in [6.45, 7) is 9.92. The second kappa shape index (κ2) is 9.02. The Balaban J connectivity index is 1.53. The van der Waals surface area contributed by atoms with Gasteiger partial charge in [0.05, 0.1) is 24.9 Å². The summed E-state index contributed by atoms with van der Waals surface area (Å²) in [6.07, 6.45) is 0.0225. The third kappa shape index (κ3) is 4.63. The van der Waals surface area contributed by atoms with Crippen molar-refractivity contribution in [3.05, 3.63) is 60.0 Å². The Kier molecular flexibility index (Phi) is 6.14. The molecule has 0 saturated carbocycles. The highest BCUT2D eigenvalue weighted by Gasteiger charge is 2.61. The SMILES string of the molecule is CC(C)(C)OC(=O)N1[C@H](COCc2ccccc2)[C@H]2OC(C)(C)O[C@H]2[C@@H]1c1ccc2c(N)ncnn12. The molecule has 4 heterocycles. The second-order valence-electron chi connectivity index (χ2n) is 10.7. The monoisotopic (exact) mass is 495 g/mol. The number of ether oxygens (including phenoxy) is 4. The molecule has 2 aliphatic heterocycles. The number of benzene rings is 1. The van der Waals surface area contributed by atoms with Gasteiger partial charge in [0.1, 0.15) is 35.7 Å². The number of fused-ring (bicyclic) bond motifs is 2. The first kappa shape index (κ1) is 24.5. The van der Waals surface area contributed by atoms with Gasteiger partial charge in [0.25, 0.3) is 0 Å². The Hall–Kier alpha value is -3.21. The fourth-order valence-corrected chi connectivity index (χ4v) is 5.00. The molecule has 10 heteroatoms. The van der Waals surface area contributed by atoms with Crippen LogP contribution < -0.4 is 5.73 Å². The first-order chi connectivity index (χ1) is 17.0. The van der Waals surface area contributed by atoms with Crippen molar-refractivity contribution in [2.24, 2.45) is 0 Å². The molecule has 2 aromatic heterocycles. The average Bonchev–Trinajstić information content (AvgIpc) is 3.43. The summed E-state index contributed by atoms with van der Waals surface area (Å²) in [4.78, 5) is 19.4. The average molecular weight is 496 g/mol. The van der Waals surface area contributed by atoms with E-state index in [1.165, 1.54) is 6.33 Å². The van der Waals surface area contributed by atoms with E-state index >= 15 is 0 Å². The largest absolute Gasteiger partial charge is 0.444 e. The zero-order valence-corrected chi connectivity index (χ0v) is 21.2. The zero-order chi connectivity index (χ0) is 25.7. The predicted octanol–water partition coefficient (Wildman–Crippen LogP) is 3.71. The molecular formula is C26H33N5O5. The molecule has 192 valence electrons. The fraction of sp³-hybridized carbons (Fsp3) is 0.500. The van der Waals surface area contributed by atoms with Gasteiger partial charge in [-0.3, -0.25) is 4.90 Å². The minimum atomic E-state index is -0.827. The van der Waals surface area contributed by atoms with Gasteiger partial charge in [-0.15, -0.1) is 0 Å². The molecule has 2 fully saturated rings. The maximum absolute atomic E-state index is 13.7. The topological polar surface area (TPSA) is 113 Å². The lowest BCUT2D eigenvalue weighted by Gasteiger charge is -2.35. The number of amides is 1. The highest BCUT2D eigenvalue weighted by molar-refractivity contribution is 5.71. The second-order valence-corrected chi connectivity index (χ2v) is 10.7. The molecule has 1 aromatic carbocycles. The van der Waals surface area contributed by atoms with E-state index in [2.05, 4.69) is 10.1 Å². The molecular weight excluding hydrogens is 462 g/mol. The lowest BCUT2D eigenvalue weighted by atomic mass is 10.1. The van der Waals surface area contributed by atoms with E-state index in [-0.39, 0.29) is 6.61 Å². The molecule has 5 rings (SSSR count). The minimum Gasteiger partial charge on any atom is -0.444 e. The summed E-state index contributed by atoms with van der Waals surface area (Å²) in [6, 6.07) is 12.6. The number of hydrogen-bond acceptors (Lipinski definition) is 8. The van der Waals surface area contributed by atoms with Crippen LogP contribution in [0.25, 0.3) is 5.52 Å². The number of aromatic nitrogens is 3. The van der Waals surface area contributed by atoms with E-state index in [4.69, 9.17) is 24.7 Å². The van der Waals surface area contributed by atoms with Crippen molar-refractivity contribution in [2.75, 3.05) is 12.3 Å². The van der Waals surface area contributed by atoms with Gasteiger partial charge < -0.3 is 24.7 Å². The van der Waals surface area contributed by atoms with Crippen LogP contribution in [0.4, 0.5) is 10.6 Å². The predicted molar refractivity (Wildman–Crippen MR) is 132 cm³/mol. The van der Waals surface area contributed by atoms with E-state index in [9.17, 15) is 4.79 Å². The molecule has 1 amide bonds. The summed E-state index contributed by atoms with van der Waals surface area (Å²) >= 11 is 0. The van der Waals surface area contributed by atoms with Gasteiger partial charge in [0.15, 0.2) is 11.6 Å². The van der Waals surface area contributed by atoms with E-state index in [0.29, 0.717) is 17.9 Å². The quantitative estimate of drug-likeness (QED) is 0.570. The van der Waals surface area contributed by atoms with Gasteiger partial charge in [-0.2, -0.15) is 5.10 Å². The molecule has 0 aliphatic carbocycles. The molecule has 36 heavy (non-hydrogen) atoms. The van der Waals surface area contributed by atoms with Crippen molar-refractivity contribution < 1.29 is 23.7 Å². The van der Waals surface area contributed by atoms with E-state index in [0.717, 1.165) is 11.3 Å². The fourth-order valence-electron chi connectivity index (χ4n) is 5.00. The first-order valence-corrected chi connectivity index (χ1v) is 12.1. The Morgan fingerprint density at radius 2 is 1.83 bits per heavy atom. The molecule has 2 N–H and O–H groups in total. The van der Waals surface area contributed by atoms with Gasteiger partial charge >= 0.3 is 6.09 Å². The standard InChI is InChI=1S/C26H33N5O5/c1-25(2,3)36-24(32)30-19(14-33-13-16-9-7-6-8-10-16)21-22(35-26(4,5)34-21)20(30)17-11-12-18-23(27)28-15-29-31(17)18/h6-12,15,19-22H,13-14H2,1-5H3,(H2,27,28,29)/t19-,20+,21-,22+/m1/s1. The molecule has 0 unspecified atom stereocenters. The van der Waals surface area contributed by atoms with Gasteiger partial charge in [-0.1, -0.05) is 30.3 Å². The van der Waals surface area contributed by atoms with Crippen LogP contribution in [0.1, 0.15) is 51.9 Å². The summed E-state index contributed by atoms with van der Waals surface area (Å²) in [7, 11) is 0. The van der Waals surface area contributed by atoms with E-state index in [1.807, 2.05) is 77.1 Å². The number of nitrogen functional groups attached to an aromatic ring is 1. The van der Waals surface area contributed by atoms with Gasteiger partial charge in [0.2, 0.25) is 0 Å². The Morgan fingerprint density at radius 1 is 1.11 bits per heavy atom. The number of nitrogens with two attached hydrogens (primary N) is 1. The first-order valence-electron chi connectivity index (χ1n) is 12.1. The summed E-state index contributed by atoms with van der Waals surface area (Å²) < 4.78 is 26.4. The van der Waals surface area contributed by atoms with Crippen molar-refractivity contribution >= 4 is 17.4 Å². The minimum absolute atomic E-state index is 0.242. The van der Waals surface area contributed by atoms with Crippen LogP contribution in [0.15, 0.2) is 48.8 Å². The Morgan fingerprint density at radius 3 is 2.56 bits per heavy atom. The van der Waals surface area contributed by atoms with Gasteiger partial charge in [-0.25, -0.2) is 14.3 Å². The number of nitrogens with zero attached hydrogens (tertiary/aromatic N) is 4. The van der Waals surface area contributed by atoms with Crippen molar-refractivity contribution in [3.63, 3.8) is 0 Å². The lowest BCUT2D eigenvalue weighted by Crippen LogP contribution is -2.47.